The number of hydrogen-bond acceptors (Lipinski definition) is 3. The van der Waals surface area contributed by atoms with Crippen molar-refractivity contribution in [2.24, 2.45) is 0 Å². The number of ether oxygens (including phenoxy) is 1. The first-order valence-corrected chi connectivity index (χ1v) is 9.65. The molecule has 28 heavy (non-hydrogen) atoms. The average molecular weight is 377 g/mol. The SMILES string of the molecule is C=C(C)C(=O)NC(C)c1nc2ccccc2n1CCCCOc1ccccc1. The fourth-order valence-electron chi connectivity index (χ4n) is 3.12. The molecular weight excluding hydrogens is 350 g/mol. The van der Waals surface area contributed by atoms with E-state index in [1.807, 2.05) is 55.5 Å². The van der Waals surface area contributed by atoms with Gasteiger partial charge in [0.05, 0.1) is 23.7 Å². The highest BCUT2D eigenvalue weighted by atomic mass is 16.5. The number of hydrogen-bond donors (Lipinski definition) is 1. The lowest BCUT2D eigenvalue weighted by Crippen LogP contribution is -2.29. The van der Waals surface area contributed by atoms with Crippen molar-refractivity contribution >= 4 is 16.9 Å². The average Bonchev–Trinajstić information content (AvgIpc) is 3.07. The van der Waals surface area contributed by atoms with Gasteiger partial charge in [0, 0.05) is 12.1 Å². The summed E-state index contributed by atoms with van der Waals surface area (Å²) >= 11 is 0. The summed E-state index contributed by atoms with van der Waals surface area (Å²) < 4.78 is 7.97. The molecular formula is C23H27N3O2. The highest BCUT2D eigenvalue weighted by molar-refractivity contribution is 5.92. The molecule has 1 heterocycles. The molecule has 0 fully saturated rings. The Morgan fingerprint density at radius 2 is 1.86 bits per heavy atom. The molecule has 0 bridgehead atoms. The Balaban J connectivity index is 1.66. The van der Waals surface area contributed by atoms with Crippen molar-refractivity contribution in [1.29, 1.82) is 0 Å². The molecule has 0 saturated heterocycles. The second-order valence-electron chi connectivity index (χ2n) is 6.95. The topological polar surface area (TPSA) is 56.2 Å². The van der Waals surface area contributed by atoms with Crippen LogP contribution < -0.4 is 10.1 Å². The molecule has 1 atom stereocenters. The first kappa shape index (κ1) is 19.7. The third-order valence-corrected chi connectivity index (χ3v) is 4.59. The summed E-state index contributed by atoms with van der Waals surface area (Å²) in [5.74, 6) is 1.61. The third-order valence-electron chi connectivity index (χ3n) is 4.59. The lowest BCUT2D eigenvalue weighted by atomic mass is 10.2. The standard InChI is InChI=1S/C23H27N3O2/c1-17(2)23(27)24-18(3)22-25-20-13-7-8-14-21(20)26(22)15-9-10-16-28-19-11-5-4-6-12-19/h4-8,11-14,18H,1,9-10,15-16H2,2-3H3,(H,24,27). The molecule has 1 N–H and O–H groups in total. The fourth-order valence-corrected chi connectivity index (χ4v) is 3.12. The van der Waals surface area contributed by atoms with Gasteiger partial charge in [0.25, 0.3) is 0 Å². The molecule has 3 rings (SSSR count). The second kappa shape index (κ2) is 9.22. The number of rotatable bonds is 9. The van der Waals surface area contributed by atoms with E-state index < -0.39 is 0 Å². The van der Waals surface area contributed by atoms with Crippen molar-refractivity contribution in [1.82, 2.24) is 14.9 Å². The summed E-state index contributed by atoms with van der Waals surface area (Å²) in [6.07, 6.45) is 1.90. The van der Waals surface area contributed by atoms with Crippen molar-refractivity contribution in [3.8, 4) is 5.75 Å². The zero-order chi connectivity index (χ0) is 19.9. The van der Waals surface area contributed by atoms with E-state index in [0.29, 0.717) is 12.2 Å². The van der Waals surface area contributed by atoms with Crippen LogP contribution >= 0.6 is 0 Å². The molecule has 1 unspecified atom stereocenters. The highest BCUT2D eigenvalue weighted by Gasteiger charge is 2.18. The van der Waals surface area contributed by atoms with E-state index in [-0.39, 0.29) is 11.9 Å². The molecule has 5 heteroatoms. The Hall–Kier alpha value is -3.08. The number of amides is 1. The van der Waals surface area contributed by atoms with Crippen molar-refractivity contribution in [2.75, 3.05) is 6.61 Å². The molecule has 5 nitrogen and oxygen atoms in total. The number of aryl methyl sites for hydroxylation is 1. The number of fused-ring (bicyclic) bond motifs is 1. The van der Waals surface area contributed by atoms with E-state index in [9.17, 15) is 4.79 Å². The van der Waals surface area contributed by atoms with Gasteiger partial charge in [-0.05, 0) is 51.0 Å². The minimum absolute atomic E-state index is 0.151. The maximum atomic E-state index is 12.0. The highest BCUT2D eigenvalue weighted by Crippen LogP contribution is 2.22. The molecule has 146 valence electrons. The first-order chi connectivity index (χ1) is 13.6. The van der Waals surface area contributed by atoms with E-state index in [2.05, 4.69) is 22.5 Å². The summed E-state index contributed by atoms with van der Waals surface area (Å²) in [6.45, 7) is 8.87. The molecule has 0 saturated carbocycles. The Bertz CT molecular complexity index is 947. The predicted octanol–water partition coefficient (Wildman–Crippen LogP) is 4.65. The molecule has 0 aliphatic carbocycles. The molecule has 0 aliphatic heterocycles. The fraction of sp³-hybridized carbons (Fsp3) is 0.304. The van der Waals surface area contributed by atoms with Gasteiger partial charge in [-0.1, -0.05) is 36.9 Å². The minimum atomic E-state index is -0.197. The Morgan fingerprint density at radius 3 is 2.61 bits per heavy atom. The zero-order valence-electron chi connectivity index (χ0n) is 16.5. The van der Waals surface area contributed by atoms with Crippen LogP contribution in [0.3, 0.4) is 0 Å². The maximum absolute atomic E-state index is 12.0. The van der Waals surface area contributed by atoms with Gasteiger partial charge in [0.15, 0.2) is 0 Å². The number of nitrogens with zero attached hydrogens (tertiary/aromatic N) is 2. The molecule has 0 spiro atoms. The Labute approximate surface area is 166 Å². The molecule has 0 radical (unpaired) electrons. The van der Waals surface area contributed by atoms with Gasteiger partial charge in [0.2, 0.25) is 5.91 Å². The van der Waals surface area contributed by atoms with E-state index in [1.165, 1.54) is 0 Å². The van der Waals surface area contributed by atoms with Gasteiger partial charge >= 0.3 is 0 Å². The molecule has 3 aromatic rings. The number of carbonyl (C=O) groups excluding carboxylic acids is 1. The number of aromatic nitrogens is 2. The number of benzene rings is 2. The number of imidazole rings is 1. The van der Waals surface area contributed by atoms with Gasteiger partial charge < -0.3 is 14.6 Å². The summed E-state index contributed by atoms with van der Waals surface area (Å²) in [5, 5.41) is 2.97. The smallest absolute Gasteiger partial charge is 0.246 e. The van der Waals surface area contributed by atoms with E-state index in [1.54, 1.807) is 6.92 Å². The van der Waals surface area contributed by atoms with Crippen LogP contribution in [0.15, 0.2) is 66.7 Å². The van der Waals surface area contributed by atoms with Crippen molar-refractivity contribution in [3.63, 3.8) is 0 Å². The van der Waals surface area contributed by atoms with Crippen LogP contribution in [-0.4, -0.2) is 22.1 Å². The number of carbonyl (C=O) groups is 1. The lowest BCUT2D eigenvalue weighted by Gasteiger charge is -2.16. The monoisotopic (exact) mass is 377 g/mol. The molecule has 2 aromatic carbocycles. The third kappa shape index (κ3) is 4.80. The van der Waals surface area contributed by atoms with E-state index in [4.69, 9.17) is 9.72 Å². The van der Waals surface area contributed by atoms with Crippen molar-refractivity contribution in [3.05, 3.63) is 72.6 Å². The largest absolute Gasteiger partial charge is 0.494 e. The minimum Gasteiger partial charge on any atom is -0.494 e. The normalized spacial score (nSPS) is 11.9. The van der Waals surface area contributed by atoms with Crippen LogP contribution in [0.25, 0.3) is 11.0 Å². The molecule has 1 amide bonds. The van der Waals surface area contributed by atoms with Crippen LogP contribution in [0.1, 0.15) is 38.6 Å². The van der Waals surface area contributed by atoms with Gasteiger partial charge in [-0.2, -0.15) is 0 Å². The van der Waals surface area contributed by atoms with Gasteiger partial charge in [0.1, 0.15) is 11.6 Å². The van der Waals surface area contributed by atoms with Gasteiger partial charge in [-0.15, -0.1) is 0 Å². The lowest BCUT2D eigenvalue weighted by molar-refractivity contribution is -0.118. The Kier molecular flexibility index (Phi) is 6.48. The van der Waals surface area contributed by atoms with Crippen LogP contribution in [0.2, 0.25) is 0 Å². The summed E-state index contributed by atoms with van der Waals surface area (Å²) in [7, 11) is 0. The molecule has 0 aliphatic rings. The van der Waals surface area contributed by atoms with E-state index >= 15 is 0 Å². The van der Waals surface area contributed by atoms with Crippen LogP contribution in [0.5, 0.6) is 5.75 Å². The zero-order valence-corrected chi connectivity index (χ0v) is 16.5. The quantitative estimate of drug-likeness (QED) is 0.436. The predicted molar refractivity (Wildman–Crippen MR) is 112 cm³/mol. The second-order valence-corrected chi connectivity index (χ2v) is 6.95. The van der Waals surface area contributed by atoms with Crippen LogP contribution in [-0.2, 0) is 11.3 Å². The van der Waals surface area contributed by atoms with Gasteiger partial charge in [-0.3, -0.25) is 4.79 Å². The van der Waals surface area contributed by atoms with E-state index in [0.717, 1.165) is 42.0 Å². The molecule has 1 aromatic heterocycles. The summed E-state index contributed by atoms with van der Waals surface area (Å²) in [4.78, 5) is 16.8. The number of para-hydroxylation sites is 3. The van der Waals surface area contributed by atoms with Crippen LogP contribution in [0.4, 0.5) is 0 Å². The maximum Gasteiger partial charge on any atom is 0.246 e. The van der Waals surface area contributed by atoms with Crippen molar-refractivity contribution in [2.45, 2.75) is 39.3 Å². The number of unbranched alkanes of at least 4 members (excludes halogenated alkanes) is 1. The summed E-state index contributed by atoms with van der Waals surface area (Å²) in [6, 6.07) is 17.7. The first-order valence-electron chi connectivity index (χ1n) is 9.65. The summed E-state index contributed by atoms with van der Waals surface area (Å²) in [5.41, 5.74) is 2.51. The van der Waals surface area contributed by atoms with Gasteiger partial charge in [-0.25, -0.2) is 4.98 Å². The van der Waals surface area contributed by atoms with Crippen molar-refractivity contribution < 1.29 is 9.53 Å². The van der Waals surface area contributed by atoms with Crippen LogP contribution in [0, 0.1) is 0 Å². The number of nitrogens with one attached hydrogen (secondary N) is 1. The Morgan fingerprint density at radius 1 is 1.14 bits per heavy atom.